The first kappa shape index (κ1) is 20.2. The molecule has 0 spiro atoms. The number of ketones is 1. The van der Waals surface area contributed by atoms with Crippen LogP contribution in [0.4, 0.5) is 0 Å². The summed E-state index contributed by atoms with van der Waals surface area (Å²) < 4.78 is 12.7. The largest absolute Gasteiger partial charge is 0.484 e. The predicted octanol–water partition coefficient (Wildman–Crippen LogP) is 6.56. The molecule has 6 rings (SSSR count). The Morgan fingerprint density at radius 1 is 0.647 bits per heavy atom. The molecular formula is C30H20O4. The van der Waals surface area contributed by atoms with Crippen molar-refractivity contribution in [1.82, 2.24) is 0 Å². The van der Waals surface area contributed by atoms with Crippen LogP contribution in [0.3, 0.4) is 0 Å². The van der Waals surface area contributed by atoms with Crippen molar-refractivity contribution in [2.75, 3.05) is 0 Å². The van der Waals surface area contributed by atoms with Gasteiger partial charge in [0.25, 0.3) is 0 Å². The standard InChI is InChI=1S/C30H20O4/c31-27-21-15-7-9-17-23(21)33-29(19-11-3-1-4-12-19)25(27)26-28(32)22-16-8-10-18-24(22)34-30(26)20-13-5-2-6-14-20/h1-18,25,29H. The van der Waals surface area contributed by atoms with Crippen molar-refractivity contribution in [2.24, 2.45) is 0 Å². The molecule has 4 heteroatoms. The second-order valence-electron chi connectivity index (χ2n) is 8.32. The molecule has 1 aliphatic heterocycles. The highest BCUT2D eigenvalue weighted by Gasteiger charge is 2.42. The van der Waals surface area contributed by atoms with E-state index in [2.05, 4.69) is 0 Å². The van der Waals surface area contributed by atoms with Gasteiger partial charge in [0, 0.05) is 5.56 Å². The lowest BCUT2D eigenvalue weighted by Crippen LogP contribution is -2.33. The number of rotatable bonds is 3. The van der Waals surface area contributed by atoms with Crippen molar-refractivity contribution in [3.05, 3.63) is 136 Å². The first-order valence-electron chi connectivity index (χ1n) is 11.2. The van der Waals surface area contributed by atoms with E-state index in [1.165, 1.54) is 0 Å². The van der Waals surface area contributed by atoms with E-state index in [0.717, 1.165) is 11.1 Å². The maximum absolute atomic E-state index is 14.0. The molecule has 4 aromatic carbocycles. The van der Waals surface area contributed by atoms with Gasteiger partial charge < -0.3 is 9.15 Å². The third-order valence-corrected chi connectivity index (χ3v) is 6.30. The SMILES string of the molecule is O=C1c2ccccc2OC(c2ccccc2)C1c1c(-c2ccccc2)oc2ccccc2c1=O. The summed E-state index contributed by atoms with van der Waals surface area (Å²) in [5.41, 5.74) is 2.60. The Morgan fingerprint density at radius 2 is 1.29 bits per heavy atom. The average molecular weight is 444 g/mol. The van der Waals surface area contributed by atoms with Gasteiger partial charge in [0.05, 0.1) is 22.4 Å². The molecule has 5 aromatic rings. The molecule has 2 heterocycles. The van der Waals surface area contributed by atoms with Crippen molar-refractivity contribution >= 4 is 16.8 Å². The minimum Gasteiger partial charge on any atom is -0.484 e. The van der Waals surface area contributed by atoms with Crippen LogP contribution < -0.4 is 10.2 Å². The lowest BCUT2D eigenvalue weighted by molar-refractivity contribution is 0.0779. The number of benzene rings is 4. The van der Waals surface area contributed by atoms with Gasteiger partial charge >= 0.3 is 0 Å². The van der Waals surface area contributed by atoms with Crippen molar-refractivity contribution < 1.29 is 13.9 Å². The zero-order valence-corrected chi connectivity index (χ0v) is 18.2. The number of fused-ring (bicyclic) bond motifs is 2. The Balaban J connectivity index is 1.68. The molecule has 0 radical (unpaired) electrons. The lowest BCUT2D eigenvalue weighted by Gasteiger charge is -2.33. The summed E-state index contributed by atoms with van der Waals surface area (Å²) in [5.74, 6) is -0.112. The van der Waals surface area contributed by atoms with Crippen molar-refractivity contribution in [3.8, 4) is 17.1 Å². The Hall–Kier alpha value is -4.44. The normalized spacial score (nSPS) is 17.2. The van der Waals surface area contributed by atoms with E-state index in [1.54, 1.807) is 36.4 Å². The number of hydrogen-bond donors (Lipinski definition) is 0. The Kier molecular flexibility index (Phi) is 4.84. The van der Waals surface area contributed by atoms with Crippen molar-refractivity contribution in [3.63, 3.8) is 0 Å². The summed E-state index contributed by atoms with van der Waals surface area (Å²) in [7, 11) is 0. The molecule has 2 unspecified atom stereocenters. The molecule has 0 N–H and O–H groups in total. The summed E-state index contributed by atoms with van der Waals surface area (Å²) in [6.45, 7) is 0. The molecule has 4 nitrogen and oxygen atoms in total. The minimum atomic E-state index is -0.867. The molecule has 0 fully saturated rings. The molecule has 0 saturated heterocycles. The van der Waals surface area contributed by atoms with E-state index in [0.29, 0.717) is 33.6 Å². The highest BCUT2D eigenvalue weighted by Crippen LogP contribution is 2.45. The molecule has 0 bridgehead atoms. The van der Waals surface area contributed by atoms with Gasteiger partial charge in [0.15, 0.2) is 11.2 Å². The fourth-order valence-electron chi connectivity index (χ4n) is 4.71. The molecule has 2 atom stereocenters. The molecule has 0 amide bonds. The summed E-state index contributed by atoms with van der Waals surface area (Å²) in [4.78, 5) is 28.0. The number of para-hydroxylation sites is 2. The lowest BCUT2D eigenvalue weighted by atomic mass is 9.79. The summed E-state index contributed by atoms with van der Waals surface area (Å²) in [6.07, 6.45) is -0.671. The van der Waals surface area contributed by atoms with Gasteiger partial charge in [-0.1, -0.05) is 84.9 Å². The number of Topliss-reactive ketones (excluding diaryl/α,β-unsaturated/α-hetero) is 1. The highest BCUT2D eigenvalue weighted by molar-refractivity contribution is 6.05. The maximum Gasteiger partial charge on any atom is 0.197 e. The van der Waals surface area contributed by atoms with E-state index in [-0.39, 0.29) is 11.2 Å². The second-order valence-corrected chi connectivity index (χ2v) is 8.32. The maximum atomic E-state index is 14.0. The van der Waals surface area contributed by atoms with Crippen LogP contribution in [0.2, 0.25) is 0 Å². The first-order valence-corrected chi connectivity index (χ1v) is 11.2. The average Bonchev–Trinajstić information content (AvgIpc) is 2.90. The molecule has 0 saturated carbocycles. The van der Waals surface area contributed by atoms with Gasteiger partial charge in [-0.15, -0.1) is 0 Å². The van der Waals surface area contributed by atoms with Crippen molar-refractivity contribution in [2.45, 2.75) is 12.0 Å². The number of ether oxygens (including phenoxy) is 1. The van der Waals surface area contributed by atoms with Gasteiger partial charge in [-0.2, -0.15) is 0 Å². The van der Waals surface area contributed by atoms with Crippen LogP contribution in [0.25, 0.3) is 22.3 Å². The van der Waals surface area contributed by atoms with E-state index < -0.39 is 12.0 Å². The topological polar surface area (TPSA) is 56.5 Å². The Labute approximate surface area is 196 Å². The highest BCUT2D eigenvalue weighted by atomic mass is 16.5. The summed E-state index contributed by atoms with van der Waals surface area (Å²) in [5, 5.41) is 0.440. The molecule has 1 aliphatic rings. The third-order valence-electron chi connectivity index (χ3n) is 6.30. The van der Waals surface area contributed by atoms with Crippen LogP contribution >= 0.6 is 0 Å². The molecule has 0 aliphatic carbocycles. The van der Waals surface area contributed by atoms with E-state index in [9.17, 15) is 9.59 Å². The Morgan fingerprint density at radius 3 is 2.09 bits per heavy atom. The van der Waals surface area contributed by atoms with E-state index >= 15 is 0 Å². The predicted molar refractivity (Wildman–Crippen MR) is 131 cm³/mol. The Bertz CT molecular complexity index is 1570. The molecule has 34 heavy (non-hydrogen) atoms. The quantitative estimate of drug-likeness (QED) is 0.316. The van der Waals surface area contributed by atoms with Gasteiger partial charge in [-0.25, -0.2) is 0 Å². The van der Waals surface area contributed by atoms with Crippen LogP contribution in [0.1, 0.15) is 33.5 Å². The van der Waals surface area contributed by atoms with Gasteiger partial charge in [-0.05, 0) is 29.8 Å². The third kappa shape index (κ3) is 3.23. The minimum absolute atomic E-state index is 0.157. The summed E-state index contributed by atoms with van der Waals surface area (Å²) in [6, 6.07) is 33.3. The van der Waals surface area contributed by atoms with Crippen LogP contribution in [0.5, 0.6) is 5.75 Å². The van der Waals surface area contributed by atoms with Gasteiger partial charge in [-0.3, -0.25) is 9.59 Å². The van der Waals surface area contributed by atoms with Crippen LogP contribution in [0, 0.1) is 0 Å². The van der Waals surface area contributed by atoms with Crippen LogP contribution in [-0.2, 0) is 0 Å². The molecule has 1 aromatic heterocycles. The fourth-order valence-corrected chi connectivity index (χ4v) is 4.71. The first-order chi connectivity index (χ1) is 16.7. The summed E-state index contributed by atoms with van der Waals surface area (Å²) >= 11 is 0. The van der Waals surface area contributed by atoms with Gasteiger partial charge in [0.2, 0.25) is 0 Å². The van der Waals surface area contributed by atoms with Crippen LogP contribution in [-0.4, -0.2) is 5.78 Å². The molecule has 164 valence electrons. The second kappa shape index (κ2) is 8.16. The zero-order valence-electron chi connectivity index (χ0n) is 18.2. The fraction of sp³-hybridized carbons (Fsp3) is 0.0667. The van der Waals surface area contributed by atoms with E-state index in [1.807, 2.05) is 72.8 Å². The van der Waals surface area contributed by atoms with Crippen LogP contribution in [0.15, 0.2) is 118 Å². The monoisotopic (exact) mass is 444 g/mol. The number of carbonyl (C=O) groups is 1. The van der Waals surface area contributed by atoms with Gasteiger partial charge in [0.1, 0.15) is 23.2 Å². The molecular weight excluding hydrogens is 424 g/mol. The number of hydrogen-bond acceptors (Lipinski definition) is 4. The number of carbonyl (C=O) groups excluding carboxylic acids is 1. The van der Waals surface area contributed by atoms with E-state index in [4.69, 9.17) is 9.15 Å². The smallest absolute Gasteiger partial charge is 0.197 e. The zero-order chi connectivity index (χ0) is 23.1. The van der Waals surface area contributed by atoms with Crippen molar-refractivity contribution in [1.29, 1.82) is 0 Å².